The molecular formula is C18H27N3O4S. The molecule has 3 rings (SSSR count). The van der Waals surface area contributed by atoms with Gasteiger partial charge in [-0.25, -0.2) is 8.42 Å². The molecule has 0 bridgehead atoms. The van der Waals surface area contributed by atoms with Gasteiger partial charge in [-0.15, -0.1) is 0 Å². The first-order valence-corrected chi connectivity index (χ1v) is 10.6. The van der Waals surface area contributed by atoms with Crippen LogP contribution in [0.3, 0.4) is 0 Å². The summed E-state index contributed by atoms with van der Waals surface area (Å²) in [4.78, 5) is 12.7. The third kappa shape index (κ3) is 4.43. The maximum absolute atomic E-state index is 13.0. The number of piperidine rings is 1. The van der Waals surface area contributed by atoms with Crippen molar-refractivity contribution in [3.63, 3.8) is 0 Å². The van der Waals surface area contributed by atoms with E-state index in [0.717, 1.165) is 25.9 Å². The third-order valence-corrected chi connectivity index (χ3v) is 6.58. The zero-order valence-electron chi connectivity index (χ0n) is 15.3. The lowest BCUT2D eigenvalue weighted by atomic mass is 10.1. The molecule has 2 fully saturated rings. The summed E-state index contributed by atoms with van der Waals surface area (Å²) in [5.41, 5.74) is 0.367. The number of benzene rings is 1. The number of carbonyl (C=O) groups excluding carboxylic acids is 1. The van der Waals surface area contributed by atoms with Crippen LogP contribution in [-0.4, -0.2) is 63.1 Å². The monoisotopic (exact) mass is 381 g/mol. The van der Waals surface area contributed by atoms with E-state index in [4.69, 9.17) is 4.74 Å². The minimum Gasteiger partial charge on any atom is -0.373 e. The first kappa shape index (κ1) is 19.3. The molecule has 8 heteroatoms. The van der Waals surface area contributed by atoms with E-state index < -0.39 is 10.0 Å². The lowest BCUT2D eigenvalue weighted by Gasteiger charge is -2.34. The highest BCUT2D eigenvalue weighted by Gasteiger charge is 2.32. The Labute approximate surface area is 155 Å². The SMILES string of the molecule is CC1CN(S(=O)(=O)c2cccc(C(=O)N[C@H]3CCCNC3)c2)CC(C)O1. The molecule has 1 aromatic carbocycles. The van der Waals surface area contributed by atoms with Gasteiger partial charge in [0.1, 0.15) is 0 Å². The highest BCUT2D eigenvalue weighted by Crippen LogP contribution is 2.22. The number of hydrogen-bond donors (Lipinski definition) is 2. The summed E-state index contributed by atoms with van der Waals surface area (Å²) in [6.07, 6.45) is 1.64. The quantitative estimate of drug-likeness (QED) is 0.811. The number of ether oxygens (including phenoxy) is 1. The van der Waals surface area contributed by atoms with Gasteiger partial charge in [-0.3, -0.25) is 4.79 Å². The molecule has 1 aromatic rings. The first-order valence-electron chi connectivity index (χ1n) is 9.13. The molecule has 2 N–H and O–H groups in total. The fraction of sp³-hybridized carbons (Fsp3) is 0.611. The van der Waals surface area contributed by atoms with Gasteiger partial charge in [0.2, 0.25) is 10.0 Å². The number of nitrogens with zero attached hydrogens (tertiary/aromatic N) is 1. The molecule has 2 aliphatic rings. The zero-order chi connectivity index (χ0) is 18.7. The van der Waals surface area contributed by atoms with Gasteiger partial charge in [0, 0.05) is 31.2 Å². The second-order valence-electron chi connectivity index (χ2n) is 7.12. The molecule has 2 aliphatic heterocycles. The van der Waals surface area contributed by atoms with Crippen LogP contribution in [-0.2, 0) is 14.8 Å². The number of rotatable bonds is 4. The van der Waals surface area contributed by atoms with Crippen molar-refractivity contribution in [3.8, 4) is 0 Å². The summed E-state index contributed by atoms with van der Waals surface area (Å²) in [6.45, 7) is 6.07. The number of morpholine rings is 1. The molecule has 3 atom stereocenters. The van der Waals surface area contributed by atoms with Gasteiger partial charge >= 0.3 is 0 Å². The van der Waals surface area contributed by atoms with Gasteiger partial charge in [0.25, 0.3) is 5.91 Å². The van der Waals surface area contributed by atoms with E-state index in [2.05, 4.69) is 10.6 Å². The molecule has 7 nitrogen and oxygen atoms in total. The molecular weight excluding hydrogens is 354 g/mol. The fourth-order valence-corrected chi connectivity index (χ4v) is 5.15. The molecule has 0 aliphatic carbocycles. The second-order valence-corrected chi connectivity index (χ2v) is 9.06. The predicted molar refractivity (Wildman–Crippen MR) is 98.6 cm³/mol. The minimum absolute atomic E-state index is 0.0810. The Balaban J connectivity index is 1.76. The van der Waals surface area contributed by atoms with E-state index in [1.807, 2.05) is 13.8 Å². The fourth-order valence-electron chi connectivity index (χ4n) is 3.52. The van der Waals surface area contributed by atoms with E-state index in [1.165, 1.54) is 10.4 Å². The molecule has 0 spiro atoms. The predicted octanol–water partition coefficient (Wildman–Crippen LogP) is 0.966. The van der Waals surface area contributed by atoms with Gasteiger partial charge < -0.3 is 15.4 Å². The average Bonchev–Trinajstić information content (AvgIpc) is 2.62. The lowest BCUT2D eigenvalue weighted by molar-refractivity contribution is -0.0440. The summed E-state index contributed by atoms with van der Waals surface area (Å²) < 4.78 is 33.0. The van der Waals surface area contributed by atoms with Gasteiger partial charge in [-0.2, -0.15) is 4.31 Å². The molecule has 0 radical (unpaired) electrons. The summed E-state index contributed by atoms with van der Waals surface area (Å²) in [5, 5.41) is 6.23. The van der Waals surface area contributed by atoms with Crippen LogP contribution in [0, 0.1) is 0 Å². The molecule has 2 saturated heterocycles. The maximum Gasteiger partial charge on any atom is 0.251 e. The van der Waals surface area contributed by atoms with Crippen LogP contribution in [0.5, 0.6) is 0 Å². The van der Waals surface area contributed by atoms with Crippen molar-refractivity contribution in [1.29, 1.82) is 0 Å². The largest absolute Gasteiger partial charge is 0.373 e. The number of nitrogens with one attached hydrogen (secondary N) is 2. The van der Waals surface area contributed by atoms with Crippen molar-refractivity contribution in [2.75, 3.05) is 26.2 Å². The van der Waals surface area contributed by atoms with Crippen molar-refractivity contribution in [3.05, 3.63) is 29.8 Å². The highest BCUT2D eigenvalue weighted by atomic mass is 32.2. The number of sulfonamides is 1. The van der Waals surface area contributed by atoms with Crippen LogP contribution in [0.2, 0.25) is 0 Å². The van der Waals surface area contributed by atoms with E-state index in [-0.39, 0.29) is 29.1 Å². The van der Waals surface area contributed by atoms with E-state index >= 15 is 0 Å². The smallest absolute Gasteiger partial charge is 0.251 e. The number of hydrogen-bond acceptors (Lipinski definition) is 5. The number of carbonyl (C=O) groups is 1. The molecule has 144 valence electrons. The van der Waals surface area contributed by atoms with E-state index in [9.17, 15) is 13.2 Å². The number of amides is 1. The summed E-state index contributed by atoms with van der Waals surface area (Å²) in [5.74, 6) is -0.237. The lowest BCUT2D eigenvalue weighted by Crippen LogP contribution is -2.48. The Kier molecular flexibility index (Phi) is 5.96. The van der Waals surface area contributed by atoms with E-state index in [1.54, 1.807) is 18.2 Å². The maximum atomic E-state index is 13.0. The van der Waals surface area contributed by atoms with Crippen LogP contribution in [0.1, 0.15) is 37.0 Å². The van der Waals surface area contributed by atoms with E-state index in [0.29, 0.717) is 18.7 Å². The van der Waals surface area contributed by atoms with Crippen LogP contribution in [0.25, 0.3) is 0 Å². The van der Waals surface area contributed by atoms with Crippen molar-refractivity contribution < 1.29 is 17.9 Å². The summed E-state index contributed by atoms with van der Waals surface area (Å²) in [6, 6.07) is 6.35. The van der Waals surface area contributed by atoms with Gasteiger partial charge in [-0.1, -0.05) is 6.07 Å². The third-order valence-electron chi connectivity index (χ3n) is 4.75. The van der Waals surface area contributed by atoms with Gasteiger partial charge in [0.15, 0.2) is 0 Å². The van der Waals surface area contributed by atoms with Crippen LogP contribution < -0.4 is 10.6 Å². The van der Waals surface area contributed by atoms with Gasteiger partial charge in [-0.05, 0) is 51.4 Å². The first-order chi connectivity index (χ1) is 12.4. The Morgan fingerprint density at radius 2 is 2.00 bits per heavy atom. The molecule has 0 aromatic heterocycles. The molecule has 1 amide bonds. The standard InChI is InChI=1S/C18H27N3O4S/c1-13-11-21(12-14(2)25-13)26(23,24)17-7-3-5-15(9-17)18(22)20-16-6-4-8-19-10-16/h3,5,7,9,13-14,16,19H,4,6,8,10-12H2,1-2H3,(H,20,22)/t13?,14?,16-/m0/s1. The summed E-state index contributed by atoms with van der Waals surface area (Å²) in [7, 11) is -3.66. The van der Waals surface area contributed by atoms with Crippen LogP contribution >= 0.6 is 0 Å². The minimum atomic E-state index is -3.66. The van der Waals surface area contributed by atoms with Gasteiger partial charge in [0.05, 0.1) is 17.1 Å². The average molecular weight is 381 g/mol. The Bertz CT molecular complexity index is 737. The normalized spacial score (nSPS) is 27.8. The molecule has 2 unspecified atom stereocenters. The Morgan fingerprint density at radius 3 is 2.65 bits per heavy atom. The van der Waals surface area contributed by atoms with Crippen LogP contribution in [0.4, 0.5) is 0 Å². The summed E-state index contributed by atoms with van der Waals surface area (Å²) >= 11 is 0. The van der Waals surface area contributed by atoms with Crippen molar-refractivity contribution in [2.45, 2.75) is 49.8 Å². The van der Waals surface area contributed by atoms with Crippen molar-refractivity contribution in [1.82, 2.24) is 14.9 Å². The Morgan fingerprint density at radius 1 is 1.27 bits per heavy atom. The highest BCUT2D eigenvalue weighted by molar-refractivity contribution is 7.89. The van der Waals surface area contributed by atoms with Crippen molar-refractivity contribution >= 4 is 15.9 Å². The van der Waals surface area contributed by atoms with Crippen molar-refractivity contribution in [2.24, 2.45) is 0 Å². The van der Waals surface area contributed by atoms with Crippen LogP contribution in [0.15, 0.2) is 29.2 Å². The Hall–Kier alpha value is -1.48. The topological polar surface area (TPSA) is 87.7 Å². The zero-order valence-corrected chi connectivity index (χ0v) is 16.1. The molecule has 2 heterocycles. The molecule has 26 heavy (non-hydrogen) atoms. The molecule has 0 saturated carbocycles. The second kappa shape index (κ2) is 8.04.